The lowest BCUT2D eigenvalue weighted by Crippen LogP contribution is -2.48. The van der Waals surface area contributed by atoms with E-state index in [-0.39, 0.29) is 17.2 Å². The van der Waals surface area contributed by atoms with Crippen molar-refractivity contribution in [2.75, 3.05) is 13.2 Å². The predicted molar refractivity (Wildman–Crippen MR) is 76.7 cm³/mol. The molecule has 0 bridgehead atoms. The van der Waals surface area contributed by atoms with Gasteiger partial charge >= 0.3 is 5.97 Å². The molecule has 1 aliphatic rings. The fourth-order valence-electron chi connectivity index (χ4n) is 2.48. The summed E-state index contributed by atoms with van der Waals surface area (Å²) < 4.78 is 19.0. The molecule has 1 saturated heterocycles. The van der Waals surface area contributed by atoms with Crippen LogP contribution in [0.5, 0.6) is 0 Å². The van der Waals surface area contributed by atoms with Crippen LogP contribution in [0.25, 0.3) is 0 Å². The molecule has 0 spiro atoms. The van der Waals surface area contributed by atoms with Crippen LogP contribution >= 0.6 is 11.6 Å². The smallest absolute Gasteiger partial charge is 0.328 e. The third-order valence-corrected chi connectivity index (χ3v) is 3.80. The van der Waals surface area contributed by atoms with Crippen molar-refractivity contribution >= 4 is 23.5 Å². The highest BCUT2D eigenvalue weighted by molar-refractivity contribution is 6.31. The Morgan fingerprint density at radius 1 is 1.43 bits per heavy atom. The standard InChI is InChI=1S/C15H17ClFNO3/c1-2-21-15(20)12-8-3-4-9-18(12)14(19)10-6-5-7-11(16)13(10)17/h5-7,12H,2-4,8-9H2,1H3. The summed E-state index contributed by atoms with van der Waals surface area (Å²) in [6.45, 7) is 2.38. The Bertz CT molecular complexity index is 550. The van der Waals surface area contributed by atoms with E-state index in [1.807, 2.05) is 0 Å². The average molecular weight is 314 g/mol. The Kier molecular flexibility index (Phi) is 5.17. The number of carbonyl (C=O) groups is 2. The maximum Gasteiger partial charge on any atom is 0.328 e. The van der Waals surface area contributed by atoms with Crippen LogP contribution in [0.2, 0.25) is 5.02 Å². The highest BCUT2D eigenvalue weighted by Crippen LogP contribution is 2.24. The minimum atomic E-state index is -0.752. The molecule has 1 aromatic carbocycles. The second-order valence-electron chi connectivity index (χ2n) is 4.86. The van der Waals surface area contributed by atoms with Crippen LogP contribution in [0.4, 0.5) is 4.39 Å². The Morgan fingerprint density at radius 2 is 2.19 bits per heavy atom. The first kappa shape index (κ1) is 15.8. The molecule has 4 nitrogen and oxygen atoms in total. The number of hydrogen-bond acceptors (Lipinski definition) is 3. The molecule has 1 fully saturated rings. The summed E-state index contributed by atoms with van der Waals surface area (Å²) in [7, 11) is 0. The Hall–Kier alpha value is -1.62. The monoisotopic (exact) mass is 313 g/mol. The van der Waals surface area contributed by atoms with Crippen LogP contribution in [-0.4, -0.2) is 36.0 Å². The van der Waals surface area contributed by atoms with Gasteiger partial charge in [-0.3, -0.25) is 4.79 Å². The normalized spacial score (nSPS) is 18.4. The van der Waals surface area contributed by atoms with Crippen LogP contribution in [0.15, 0.2) is 18.2 Å². The zero-order valence-electron chi connectivity index (χ0n) is 11.8. The molecule has 0 aliphatic carbocycles. The van der Waals surface area contributed by atoms with Crippen molar-refractivity contribution in [1.82, 2.24) is 4.90 Å². The molecule has 1 unspecified atom stereocenters. The van der Waals surface area contributed by atoms with Gasteiger partial charge in [-0.2, -0.15) is 0 Å². The number of rotatable bonds is 3. The molecule has 0 saturated carbocycles. The lowest BCUT2D eigenvalue weighted by molar-refractivity contribution is -0.149. The summed E-state index contributed by atoms with van der Waals surface area (Å²) in [6.07, 6.45) is 2.15. The van der Waals surface area contributed by atoms with Crippen molar-refractivity contribution in [3.05, 3.63) is 34.6 Å². The minimum absolute atomic E-state index is 0.106. The van der Waals surface area contributed by atoms with Gasteiger partial charge in [-0.05, 0) is 38.3 Å². The number of amides is 1. The third-order valence-electron chi connectivity index (χ3n) is 3.50. The molecule has 1 amide bonds. The Morgan fingerprint density at radius 3 is 2.90 bits per heavy atom. The Labute approximate surface area is 127 Å². The topological polar surface area (TPSA) is 46.6 Å². The summed E-state index contributed by atoms with van der Waals surface area (Å²) >= 11 is 5.71. The van der Waals surface area contributed by atoms with Crippen LogP contribution < -0.4 is 0 Å². The van der Waals surface area contributed by atoms with Crippen molar-refractivity contribution < 1.29 is 18.7 Å². The molecule has 0 N–H and O–H groups in total. The van der Waals surface area contributed by atoms with E-state index in [1.54, 1.807) is 6.92 Å². The van der Waals surface area contributed by atoms with Gasteiger partial charge < -0.3 is 9.64 Å². The van der Waals surface area contributed by atoms with Crippen LogP contribution in [-0.2, 0) is 9.53 Å². The maximum atomic E-state index is 14.0. The molecule has 1 aliphatic heterocycles. The number of nitrogens with zero attached hydrogens (tertiary/aromatic N) is 1. The van der Waals surface area contributed by atoms with Gasteiger partial charge in [-0.25, -0.2) is 9.18 Å². The predicted octanol–water partition coefficient (Wildman–Crippen LogP) is 3.04. The number of ether oxygens (including phenoxy) is 1. The summed E-state index contributed by atoms with van der Waals surface area (Å²) in [4.78, 5) is 25.9. The van der Waals surface area contributed by atoms with Gasteiger partial charge in [0.15, 0.2) is 5.82 Å². The first-order valence-corrected chi connectivity index (χ1v) is 7.35. The highest BCUT2D eigenvalue weighted by Gasteiger charge is 2.34. The molecule has 6 heteroatoms. The van der Waals surface area contributed by atoms with Crippen molar-refractivity contribution in [2.24, 2.45) is 0 Å². The van der Waals surface area contributed by atoms with E-state index in [0.29, 0.717) is 13.0 Å². The molecule has 1 atom stereocenters. The highest BCUT2D eigenvalue weighted by atomic mass is 35.5. The summed E-state index contributed by atoms with van der Waals surface area (Å²) in [5, 5.41) is -0.106. The first-order valence-electron chi connectivity index (χ1n) is 6.98. The molecule has 0 aromatic heterocycles. The van der Waals surface area contributed by atoms with E-state index in [2.05, 4.69) is 0 Å². The van der Waals surface area contributed by atoms with Gasteiger partial charge in [0, 0.05) is 6.54 Å². The molecular formula is C15H17ClFNO3. The molecule has 1 aromatic rings. The number of piperidine rings is 1. The molecule has 0 radical (unpaired) electrons. The largest absolute Gasteiger partial charge is 0.464 e. The lowest BCUT2D eigenvalue weighted by Gasteiger charge is -2.34. The Balaban J connectivity index is 2.26. The summed E-state index contributed by atoms with van der Waals surface area (Å²) in [5.74, 6) is -1.71. The van der Waals surface area contributed by atoms with E-state index in [9.17, 15) is 14.0 Å². The van der Waals surface area contributed by atoms with Crippen molar-refractivity contribution in [3.63, 3.8) is 0 Å². The van der Waals surface area contributed by atoms with Crippen LogP contribution in [0.3, 0.4) is 0 Å². The van der Waals surface area contributed by atoms with Crippen molar-refractivity contribution in [3.8, 4) is 0 Å². The quantitative estimate of drug-likeness (QED) is 0.806. The zero-order valence-corrected chi connectivity index (χ0v) is 12.5. The number of esters is 1. The number of carbonyl (C=O) groups excluding carboxylic acids is 2. The zero-order chi connectivity index (χ0) is 15.4. The number of hydrogen-bond donors (Lipinski definition) is 0. The van der Waals surface area contributed by atoms with Gasteiger partial charge in [0.25, 0.3) is 5.91 Å². The van der Waals surface area contributed by atoms with Crippen molar-refractivity contribution in [1.29, 1.82) is 0 Å². The van der Waals surface area contributed by atoms with E-state index in [1.165, 1.54) is 23.1 Å². The fourth-order valence-corrected chi connectivity index (χ4v) is 2.66. The van der Waals surface area contributed by atoms with E-state index in [0.717, 1.165) is 12.8 Å². The van der Waals surface area contributed by atoms with Crippen LogP contribution in [0.1, 0.15) is 36.5 Å². The fraction of sp³-hybridized carbons (Fsp3) is 0.467. The maximum absolute atomic E-state index is 14.0. The number of benzene rings is 1. The van der Waals surface area contributed by atoms with Gasteiger partial charge in [0.05, 0.1) is 17.2 Å². The number of likely N-dealkylation sites (tertiary alicyclic amines) is 1. The van der Waals surface area contributed by atoms with Gasteiger partial charge in [0.1, 0.15) is 6.04 Å². The molecule has 21 heavy (non-hydrogen) atoms. The average Bonchev–Trinajstić information content (AvgIpc) is 2.49. The lowest BCUT2D eigenvalue weighted by atomic mass is 10.0. The SMILES string of the molecule is CCOC(=O)C1CCCCN1C(=O)c1cccc(Cl)c1F. The van der Waals surface area contributed by atoms with E-state index in [4.69, 9.17) is 16.3 Å². The first-order chi connectivity index (χ1) is 10.1. The molecule has 1 heterocycles. The molecular weight excluding hydrogens is 297 g/mol. The van der Waals surface area contributed by atoms with E-state index < -0.39 is 23.7 Å². The van der Waals surface area contributed by atoms with Crippen LogP contribution in [0, 0.1) is 5.82 Å². The molecule has 2 rings (SSSR count). The summed E-state index contributed by atoms with van der Waals surface area (Å²) in [6, 6.07) is 3.62. The van der Waals surface area contributed by atoms with Gasteiger partial charge in [-0.1, -0.05) is 17.7 Å². The van der Waals surface area contributed by atoms with Gasteiger partial charge in [0.2, 0.25) is 0 Å². The minimum Gasteiger partial charge on any atom is -0.464 e. The second kappa shape index (κ2) is 6.89. The summed E-state index contributed by atoms with van der Waals surface area (Å²) in [5.41, 5.74) is -0.112. The second-order valence-corrected chi connectivity index (χ2v) is 5.27. The van der Waals surface area contributed by atoms with Gasteiger partial charge in [-0.15, -0.1) is 0 Å². The number of halogens is 2. The third kappa shape index (κ3) is 3.35. The van der Waals surface area contributed by atoms with Crippen molar-refractivity contribution in [2.45, 2.75) is 32.2 Å². The van der Waals surface area contributed by atoms with E-state index >= 15 is 0 Å². The molecule has 114 valence electrons.